The van der Waals surface area contributed by atoms with E-state index in [-0.39, 0.29) is 24.0 Å². The van der Waals surface area contributed by atoms with Gasteiger partial charge in [-0.25, -0.2) is 9.69 Å². The van der Waals surface area contributed by atoms with Crippen molar-refractivity contribution in [3.05, 3.63) is 122 Å². The first-order valence-electron chi connectivity index (χ1n) is 16.3. The molecule has 4 aromatic carbocycles. The molecule has 1 fully saturated rings. The van der Waals surface area contributed by atoms with Crippen molar-refractivity contribution in [2.75, 3.05) is 36.1 Å². The number of hydrogen-bond donors (Lipinski definition) is 1. The third-order valence-corrected chi connectivity index (χ3v) is 10.1. The Morgan fingerprint density at radius 3 is 2.08 bits per heavy atom. The molecule has 8 nitrogen and oxygen atoms in total. The van der Waals surface area contributed by atoms with Gasteiger partial charge in [-0.05, 0) is 101 Å². The molecule has 0 bridgehead atoms. The van der Waals surface area contributed by atoms with E-state index in [0.29, 0.717) is 32.9 Å². The molecule has 0 aromatic heterocycles. The van der Waals surface area contributed by atoms with Crippen molar-refractivity contribution >= 4 is 57.9 Å². The van der Waals surface area contributed by atoms with Crippen LogP contribution < -0.4 is 24.6 Å². The second-order valence-corrected chi connectivity index (χ2v) is 13.3. The Kier molecular flexibility index (Phi) is 9.15. The molecule has 7 rings (SSSR count). The van der Waals surface area contributed by atoms with Crippen LogP contribution in [0.4, 0.5) is 16.2 Å². The normalized spacial score (nSPS) is 19.3. The van der Waals surface area contributed by atoms with Crippen LogP contribution in [0.2, 0.25) is 0 Å². The van der Waals surface area contributed by atoms with Crippen molar-refractivity contribution in [3.8, 4) is 23.8 Å². The third kappa shape index (κ3) is 6.17. The van der Waals surface area contributed by atoms with Crippen LogP contribution in [0.3, 0.4) is 0 Å². The second-order valence-electron chi connectivity index (χ2n) is 12.2. The predicted octanol–water partition coefficient (Wildman–Crippen LogP) is 7.25. The highest BCUT2D eigenvalue weighted by molar-refractivity contribution is 14.1. The zero-order valence-corrected chi connectivity index (χ0v) is 29.1. The summed E-state index contributed by atoms with van der Waals surface area (Å²) in [5.41, 5.74) is 6.50. The first-order valence-corrected chi connectivity index (χ1v) is 17.4. The van der Waals surface area contributed by atoms with Crippen LogP contribution >= 0.6 is 22.6 Å². The molecular formula is C40H34IN3O5. The minimum atomic E-state index is -0.780. The predicted molar refractivity (Wildman–Crippen MR) is 198 cm³/mol. The lowest BCUT2D eigenvalue weighted by atomic mass is 9.76. The van der Waals surface area contributed by atoms with Crippen LogP contribution in [0.25, 0.3) is 6.08 Å². The van der Waals surface area contributed by atoms with Gasteiger partial charge < -0.3 is 14.4 Å². The fraction of sp³-hybridized carbons (Fsp3) is 0.225. The van der Waals surface area contributed by atoms with Gasteiger partial charge in [0.2, 0.25) is 0 Å². The maximum atomic E-state index is 14.3. The molecule has 3 heterocycles. The van der Waals surface area contributed by atoms with Crippen molar-refractivity contribution in [3.63, 3.8) is 0 Å². The zero-order valence-electron chi connectivity index (χ0n) is 26.9. The monoisotopic (exact) mass is 763 g/mol. The van der Waals surface area contributed by atoms with Crippen LogP contribution in [0.1, 0.15) is 59.4 Å². The highest BCUT2D eigenvalue weighted by atomic mass is 127. The first kappa shape index (κ1) is 32.5. The van der Waals surface area contributed by atoms with Gasteiger partial charge in [-0.2, -0.15) is 0 Å². The number of benzene rings is 4. The average Bonchev–Trinajstić information content (AvgIpc) is 3.11. The highest BCUT2D eigenvalue weighted by Crippen LogP contribution is 2.50. The Bertz CT molecular complexity index is 1950. The lowest BCUT2D eigenvalue weighted by molar-refractivity contribution is -0.122. The number of hydrogen-bond acceptors (Lipinski definition) is 6. The number of ether oxygens (including phenoxy) is 2. The van der Waals surface area contributed by atoms with Gasteiger partial charge in [-0.3, -0.25) is 14.9 Å². The van der Waals surface area contributed by atoms with E-state index in [0.717, 1.165) is 42.0 Å². The van der Waals surface area contributed by atoms with E-state index in [1.165, 1.54) is 22.9 Å². The highest BCUT2D eigenvalue weighted by Gasteiger charge is 2.40. The molecule has 4 aromatic rings. The van der Waals surface area contributed by atoms with E-state index in [2.05, 4.69) is 63.0 Å². The first-order chi connectivity index (χ1) is 23.9. The van der Waals surface area contributed by atoms with E-state index in [1.54, 1.807) is 12.1 Å². The Morgan fingerprint density at radius 1 is 0.898 bits per heavy atom. The Labute approximate surface area is 299 Å². The average molecular weight is 764 g/mol. The standard InChI is InChI=1S/C40H34IN3O5/c1-3-19-49-37-34(41)21-25(22-35(37)48-4-2)20-33-38(45)42-40(47)44(39(33)46)28-23-31-29(26-11-7-5-8-12-26)15-17-43-18-16-30(32(24-28)36(31)43)27-13-9-6-10-14-27/h1,5-14,20-24,29-30H,4,15-19H2,2H3,(H,42,45,47)/b33-20+/t29-,30-/m0/s1. The molecule has 0 radical (unpaired) electrons. The number of nitrogens with zero attached hydrogens (tertiary/aromatic N) is 2. The summed E-state index contributed by atoms with van der Waals surface area (Å²) in [4.78, 5) is 44.7. The minimum Gasteiger partial charge on any atom is -0.490 e. The van der Waals surface area contributed by atoms with Crippen molar-refractivity contribution in [2.45, 2.75) is 31.6 Å². The number of carbonyl (C=O) groups excluding carboxylic acids is 3. The summed E-state index contributed by atoms with van der Waals surface area (Å²) in [5.74, 6) is 2.07. The van der Waals surface area contributed by atoms with Gasteiger partial charge in [-0.15, -0.1) is 6.42 Å². The van der Waals surface area contributed by atoms with Gasteiger partial charge in [0.1, 0.15) is 12.2 Å². The summed E-state index contributed by atoms with van der Waals surface area (Å²) >= 11 is 2.10. The van der Waals surface area contributed by atoms with Crippen LogP contribution in [-0.4, -0.2) is 44.1 Å². The van der Waals surface area contributed by atoms with Crippen molar-refractivity contribution in [1.29, 1.82) is 0 Å². The summed E-state index contributed by atoms with van der Waals surface area (Å²) in [6, 6.07) is 27.3. The number of terminal acetylenes is 1. The SMILES string of the molecule is C#CCOc1c(I)cc(/C=C2\C(=O)NC(=O)N(c3cc4c5c(c3)[C@H](c3ccccc3)CCN5CC[C@H]4c3ccccc3)C2=O)cc1OCC. The van der Waals surface area contributed by atoms with E-state index in [4.69, 9.17) is 15.9 Å². The Hall–Kier alpha value is -5.08. The molecule has 0 aliphatic carbocycles. The molecule has 246 valence electrons. The molecule has 0 unspecified atom stereocenters. The number of urea groups is 1. The van der Waals surface area contributed by atoms with E-state index < -0.39 is 17.8 Å². The number of nitrogens with one attached hydrogen (secondary N) is 1. The molecule has 1 saturated heterocycles. The summed E-state index contributed by atoms with van der Waals surface area (Å²) in [6.07, 6.45) is 8.69. The molecule has 3 aliphatic rings. The van der Waals surface area contributed by atoms with Crippen LogP contribution in [0, 0.1) is 15.9 Å². The molecule has 0 saturated carbocycles. The number of barbiturate groups is 1. The molecule has 0 spiro atoms. The van der Waals surface area contributed by atoms with Gasteiger partial charge >= 0.3 is 6.03 Å². The summed E-state index contributed by atoms with van der Waals surface area (Å²) < 4.78 is 12.2. The second kappa shape index (κ2) is 13.8. The number of amides is 4. The third-order valence-electron chi connectivity index (χ3n) is 9.30. The number of carbonyl (C=O) groups is 3. The molecule has 1 N–H and O–H groups in total. The molecule has 3 aliphatic heterocycles. The lowest BCUT2D eigenvalue weighted by Crippen LogP contribution is -2.54. The van der Waals surface area contributed by atoms with Gasteiger partial charge in [0.25, 0.3) is 11.8 Å². The Morgan fingerprint density at radius 2 is 1.51 bits per heavy atom. The largest absolute Gasteiger partial charge is 0.490 e. The smallest absolute Gasteiger partial charge is 0.335 e. The summed E-state index contributed by atoms with van der Waals surface area (Å²) in [7, 11) is 0. The van der Waals surface area contributed by atoms with Crippen LogP contribution in [0.5, 0.6) is 11.5 Å². The van der Waals surface area contributed by atoms with Crippen LogP contribution in [0.15, 0.2) is 90.5 Å². The lowest BCUT2D eigenvalue weighted by Gasteiger charge is -2.44. The summed E-state index contributed by atoms with van der Waals surface area (Å²) in [5, 5.41) is 2.42. The molecule has 49 heavy (non-hydrogen) atoms. The maximum Gasteiger partial charge on any atom is 0.335 e. The van der Waals surface area contributed by atoms with E-state index in [1.807, 2.05) is 55.5 Å². The molecule has 2 atom stereocenters. The van der Waals surface area contributed by atoms with Gasteiger partial charge in [0.05, 0.1) is 15.9 Å². The number of halogens is 1. The van der Waals surface area contributed by atoms with Gasteiger partial charge in [0.15, 0.2) is 11.5 Å². The van der Waals surface area contributed by atoms with Crippen molar-refractivity contribution in [1.82, 2.24) is 5.32 Å². The van der Waals surface area contributed by atoms with E-state index >= 15 is 0 Å². The number of rotatable bonds is 8. The topological polar surface area (TPSA) is 88.2 Å². The van der Waals surface area contributed by atoms with Gasteiger partial charge in [-0.1, -0.05) is 66.6 Å². The van der Waals surface area contributed by atoms with Gasteiger partial charge in [0, 0.05) is 30.6 Å². The minimum absolute atomic E-state index is 0.0608. The number of anilines is 2. The van der Waals surface area contributed by atoms with Crippen molar-refractivity contribution in [2.24, 2.45) is 0 Å². The molecule has 9 heteroatoms. The van der Waals surface area contributed by atoms with E-state index in [9.17, 15) is 14.4 Å². The summed E-state index contributed by atoms with van der Waals surface area (Å²) in [6.45, 7) is 4.11. The fourth-order valence-electron chi connectivity index (χ4n) is 7.22. The zero-order chi connectivity index (χ0) is 34.1. The van der Waals surface area contributed by atoms with Crippen LogP contribution in [-0.2, 0) is 9.59 Å². The van der Waals surface area contributed by atoms with Crippen molar-refractivity contribution < 1.29 is 23.9 Å². The number of imide groups is 2. The maximum absolute atomic E-state index is 14.3. The molecular weight excluding hydrogens is 729 g/mol. The quantitative estimate of drug-likeness (QED) is 0.0882. The molecule has 4 amide bonds. The Balaban J connectivity index is 1.35. The fourth-order valence-corrected chi connectivity index (χ4v) is 8.00.